The number of fused-ring (bicyclic) bond motifs is 1. The van der Waals surface area contributed by atoms with Crippen LogP contribution in [0.2, 0.25) is 0 Å². The minimum atomic E-state index is -4.91. The predicted molar refractivity (Wildman–Crippen MR) is 113 cm³/mol. The van der Waals surface area contributed by atoms with Gasteiger partial charge in [-0.05, 0) is 92.8 Å². The first-order valence-corrected chi connectivity index (χ1v) is 11.5. The minimum absolute atomic E-state index is 0.000338. The number of likely N-dealkylation sites (tertiary alicyclic amines) is 1. The van der Waals surface area contributed by atoms with Crippen LogP contribution in [0.25, 0.3) is 0 Å². The number of hydrogen-bond donors (Lipinski definition) is 0. The molecule has 34 heavy (non-hydrogen) atoms. The van der Waals surface area contributed by atoms with E-state index in [0.717, 1.165) is 31.6 Å². The Bertz CT molecular complexity index is 919. The second kappa shape index (κ2) is 9.30. The molecule has 0 bridgehead atoms. The van der Waals surface area contributed by atoms with E-state index in [1.807, 2.05) is 13.1 Å². The van der Waals surface area contributed by atoms with Gasteiger partial charge >= 0.3 is 12.4 Å². The summed E-state index contributed by atoms with van der Waals surface area (Å²) >= 11 is 0. The quantitative estimate of drug-likeness (QED) is 0.414. The Kier molecular flexibility index (Phi) is 6.90. The van der Waals surface area contributed by atoms with E-state index in [1.54, 1.807) is 0 Å². The van der Waals surface area contributed by atoms with E-state index in [4.69, 9.17) is 4.74 Å². The molecule has 2 aliphatic carbocycles. The van der Waals surface area contributed by atoms with E-state index in [-0.39, 0.29) is 41.3 Å². The second-order valence-corrected chi connectivity index (χ2v) is 9.80. The third-order valence-electron chi connectivity index (χ3n) is 7.46. The van der Waals surface area contributed by atoms with Crippen LogP contribution in [0.3, 0.4) is 0 Å². The topological polar surface area (TPSA) is 12.5 Å². The van der Waals surface area contributed by atoms with Gasteiger partial charge in [0.25, 0.3) is 0 Å². The SMILES string of the molecule is C[C@@H](O[C@H]1CC[C@@H]2CN(C)C[C@H]2[C@@H]1C1C=CC(F)=CC1)c1cc(C(F)(F)F)cc(C(F)(F)F)c1. The van der Waals surface area contributed by atoms with E-state index in [2.05, 4.69) is 4.90 Å². The summed E-state index contributed by atoms with van der Waals surface area (Å²) in [6.07, 6.45) is -4.32. The fourth-order valence-corrected chi connectivity index (χ4v) is 5.91. The molecule has 0 aromatic heterocycles. The molecule has 0 spiro atoms. The molecule has 3 aliphatic rings. The van der Waals surface area contributed by atoms with Gasteiger partial charge in [-0.3, -0.25) is 0 Å². The second-order valence-electron chi connectivity index (χ2n) is 9.80. The summed E-state index contributed by atoms with van der Waals surface area (Å²) < 4.78 is 99.8. The molecule has 1 heterocycles. The number of allylic oxidation sites excluding steroid dienone is 4. The lowest BCUT2D eigenvalue weighted by atomic mass is 9.65. The molecule has 0 amide bonds. The maximum absolute atomic E-state index is 13.6. The number of halogens is 7. The molecule has 4 rings (SSSR count). The number of alkyl halides is 6. The molecular formula is C25H28F7NO. The fourth-order valence-electron chi connectivity index (χ4n) is 5.91. The summed E-state index contributed by atoms with van der Waals surface area (Å²) in [4.78, 5) is 2.24. The zero-order valence-corrected chi connectivity index (χ0v) is 19.0. The first-order chi connectivity index (χ1) is 15.8. The molecule has 2 fully saturated rings. The highest BCUT2D eigenvalue weighted by Crippen LogP contribution is 2.48. The van der Waals surface area contributed by atoms with Gasteiger partial charge in [-0.25, -0.2) is 4.39 Å². The molecular weight excluding hydrogens is 463 g/mol. The average molecular weight is 491 g/mol. The van der Waals surface area contributed by atoms with Crippen molar-refractivity contribution >= 4 is 0 Å². The third-order valence-corrected chi connectivity index (χ3v) is 7.46. The first kappa shape index (κ1) is 25.2. The van der Waals surface area contributed by atoms with Gasteiger partial charge in [-0.15, -0.1) is 0 Å². The van der Waals surface area contributed by atoms with Crippen LogP contribution in [0.5, 0.6) is 0 Å². The maximum atomic E-state index is 13.6. The Morgan fingerprint density at radius 2 is 1.62 bits per heavy atom. The lowest BCUT2D eigenvalue weighted by Gasteiger charge is -2.44. The Hall–Kier alpha value is -1.87. The van der Waals surface area contributed by atoms with Gasteiger partial charge in [0.15, 0.2) is 0 Å². The Labute approximate surface area is 194 Å². The van der Waals surface area contributed by atoms with Crippen molar-refractivity contribution in [3.8, 4) is 0 Å². The van der Waals surface area contributed by atoms with E-state index in [0.29, 0.717) is 18.8 Å². The maximum Gasteiger partial charge on any atom is 0.416 e. The molecule has 9 heteroatoms. The molecule has 1 unspecified atom stereocenters. The largest absolute Gasteiger partial charge is 0.416 e. The monoisotopic (exact) mass is 491 g/mol. The van der Waals surface area contributed by atoms with Gasteiger partial charge in [-0.1, -0.05) is 6.08 Å². The van der Waals surface area contributed by atoms with Crippen molar-refractivity contribution < 1.29 is 35.5 Å². The van der Waals surface area contributed by atoms with Crippen molar-refractivity contribution in [2.45, 2.75) is 50.7 Å². The zero-order valence-electron chi connectivity index (χ0n) is 19.0. The van der Waals surface area contributed by atoms with Crippen molar-refractivity contribution in [1.29, 1.82) is 0 Å². The smallest absolute Gasteiger partial charge is 0.370 e. The molecule has 1 aliphatic heterocycles. The van der Waals surface area contributed by atoms with Crippen LogP contribution in [-0.2, 0) is 17.1 Å². The van der Waals surface area contributed by atoms with Crippen LogP contribution in [0.1, 0.15) is 49.0 Å². The lowest BCUT2D eigenvalue weighted by molar-refractivity contribution is -0.143. The predicted octanol–water partition coefficient (Wildman–Crippen LogP) is 7.19. The molecule has 188 valence electrons. The first-order valence-electron chi connectivity index (χ1n) is 11.5. The third kappa shape index (κ3) is 5.35. The van der Waals surface area contributed by atoms with E-state index in [1.165, 1.54) is 19.1 Å². The average Bonchev–Trinajstić information content (AvgIpc) is 3.13. The molecule has 0 radical (unpaired) electrons. The molecule has 0 N–H and O–H groups in total. The van der Waals surface area contributed by atoms with Crippen LogP contribution in [0.15, 0.2) is 42.3 Å². The molecule has 1 saturated carbocycles. The Balaban J connectivity index is 1.62. The number of nitrogens with zero attached hydrogens (tertiary/aromatic N) is 1. The Morgan fingerprint density at radius 3 is 2.18 bits per heavy atom. The summed E-state index contributed by atoms with van der Waals surface area (Å²) in [5.74, 6) is 0.414. The highest BCUT2D eigenvalue weighted by Gasteiger charge is 2.47. The number of benzene rings is 1. The number of ether oxygens (including phenoxy) is 1. The van der Waals surface area contributed by atoms with Crippen molar-refractivity contribution in [1.82, 2.24) is 4.90 Å². The summed E-state index contributed by atoms with van der Waals surface area (Å²) in [7, 11) is 2.03. The zero-order chi connectivity index (χ0) is 24.8. The van der Waals surface area contributed by atoms with Crippen molar-refractivity contribution in [2.75, 3.05) is 20.1 Å². The highest BCUT2D eigenvalue weighted by molar-refractivity contribution is 5.34. The van der Waals surface area contributed by atoms with E-state index >= 15 is 0 Å². The molecule has 1 aromatic rings. The van der Waals surface area contributed by atoms with Crippen LogP contribution in [-0.4, -0.2) is 31.1 Å². The van der Waals surface area contributed by atoms with Gasteiger partial charge in [0.1, 0.15) is 5.83 Å². The standard InChI is InChI=1S/C25H28F7NO/c1-14(17-9-18(24(27,28)29)11-19(10-17)25(30,31)32)34-22-8-5-16-12-33(2)13-21(16)23(22)15-3-6-20(26)7-4-15/h3,6-7,9-11,14-16,21-23H,4-5,8,12-13H2,1-2H3/t14-,15?,16-,21-,22+,23+/m1/s1. The fraction of sp³-hybridized carbons (Fsp3) is 0.600. The van der Waals surface area contributed by atoms with Crippen LogP contribution < -0.4 is 0 Å². The van der Waals surface area contributed by atoms with Gasteiger partial charge < -0.3 is 9.64 Å². The molecule has 1 saturated heterocycles. The summed E-state index contributed by atoms with van der Waals surface area (Å²) in [6.45, 7) is 3.27. The van der Waals surface area contributed by atoms with Crippen LogP contribution in [0, 0.1) is 23.7 Å². The van der Waals surface area contributed by atoms with Crippen LogP contribution >= 0.6 is 0 Å². The Morgan fingerprint density at radius 1 is 0.971 bits per heavy atom. The van der Waals surface area contributed by atoms with E-state index < -0.39 is 29.6 Å². The van der Waals surface area contributed by atoms with Gasteiger partial charge in [-0.2, -0.15) is 26.3 Å². The summed E-state index contributed by atoms with van der Waals surface area (Å²) in [5.41, 5.74) is -2.85. The minimum Gasteiger partial charge on any atom is -0.370 e. The lowest BCUT2D eigenvalue weighted by Crippen LogP contribution is -2.43. The van der Waals surface area contributed by atoms with Crippen molar-refractivity contribution in [3.05, 3.63) is 58.9 Å². The summed E-state index contributed by atoms with van der Waals surface area (Å²) in [5, 5.41) is 0. The molecule has 2 nitrogen and oxygen atoms in total. The van der Waals surface area contributed by atoms with Crippen molar-refractivity contribution in [2.24, 2.45) is 23.7 Å². The molecule has 1 aromatic carbocycles. The number of rotatable bonds is 4. The summed E-state index contributed by atoms with van der Waals surface area (Å²) in [6, 6.07) is 1.61. The normalized spacial score (nSPS) is 31.3. The van der Waals surface area contributed by atoms with E-state index in [9.17, 15) is 30.7 Å². The van der Waals surface area contributed by atoms with Crippen LogP contribution in [0.4, 0.5) is 30.7 Å². The highest BCUT2D eigenvalue weighted by atomic mass is 19.4. The number of hydrogen-bond acceptors (Lipinski definition) is 2. The molecule has 6 atom stereocenters. The van der Waals surface area contributed by atoms with Crippen molar-refractivity contribution in [3.63, 3.8) is 0 Å². The van der Waals surface area contributed by atoms with Gasteiger partial charge in [0.05, 0.1) is 23.3 Å². The van der Waals surface area contributed by atoms with Gasteiger partial charge in [0, 0.05) is 13.1 Å². The van der Waals surface area contributed by atoms with Gasteiger partial charge in [0.2, 0.25) is 0 Å².